The maximum absolute atomic E-state index is 3.54. The van der Waals surface area contributed by atoms with Gasteiger partial charge in [-0.05, 0) is 0 Å². The first kappa shape index (κ1) is 7.44. The van der Waals surface area contributed by atoms with Crippen LogP contribution < -0.4 is 0 Å². The summed E-state index contributed by atoms with van der Waals surface area (Å²) in [6, 6.07) is 0. The summed E-state index contributed by atoms with van der Waals surface area (Å²) in [7, 11) is 0. The molecule has 0 bridgehead atoms. The second-order valence-electron chi connectivity index (χ2n) is 1.08. The minimum absolute atomic E-state index is 0.264. The summed E-state index contributed by atoms with van der Waals surface area (Å²) in [4.78, 5) is 0. The molecule has 0 aliphatic carbocycles. The van der Waals surface area contributed by atoms with Crippen molar-refractivity contribution in [3.63, 3.8) is 0 Å². The Kier molecular flexibility index (Phi) is 2.84. The summed E-state index contributed by atoms with van der Waals surface area (Å²) < 4.78 is -0.264. The summed E-state index contributed by atoms with van der Waals surface area (Å²) in [6.45, 7) is 7.08. The zero-order valence-corrected chi connectivity index (χ0v) is 7.00. The average molecular weight is 226 g/mol. The van der Waals surface area contributed by atoms with Gasteiger partial charge in [0.1, 0.15) is 3.23 Å². The van der Waals surface area contributed by atoms with E-state index in [2.05, 4.69) is 45.0 Å². The normalized spacial score (nSPS) is 10.6. The SMILES string of the molecule is C=CC(Br)(Br)C=C. The molecule has 7 heavy (non-hydrogen) atoms. The average Bonchev–Trinajstić information content (AvgIpc) is 1.68. The minimum Gasteiger partial charge on any atom is -0.101 e. The number of rotatable bonds is 2. The maximum atomic E-state index is 3.54. The summed E-state index contributed by atoms with van der Waals surface area (Å²) in [5.41, 5.74) is 0. The van der Waals surface area contributed by atoms with Gasteiger partial charge in [-0.3, -0.25) is 0 Å². The van der Waals surface area contributed by atoms with E-state index in [4.69, 9.17) is 0 Å². The van der Waals surface area contributed by atoms with Crippen molar-refractivity contribution >= 4 is 31.9 Å². The van der Waals surface area contributed by atoms with E-state index in [0.29, 0.717) is 0 Å². The molecule has 2 heteroatoms. The van der Waals surface area contributed by atoms with E-state index in [9.17, 15) is 0 Å². The second kappa shape index (κ2) is 2.68. The van der Waals surface area contributed by atoms with Gasteiger partial charge in [-0.25, -0.2) is 0 Å². The molecule has 0 aromatic rings. The highest BCUT2D eigenvalue weighted by Crippen LogP contribution is 2.27. The Bertz CT molecular complexity index is 74.1. The van der Waals surface area contributed by atoms with Crippen molar-refractivity contribution in [3.05, 3.63) is 25.3 Å². The Morgan fingerprint density at radius 2 is 1.43 bits per heavy atom. The molecule has 0 saturated carbocycles. The van der Waals surface area contributed by atoms with Gasteiger partial charge in [0.05, 0.1) is 0 Å². The van der Waals surface area contributed by atoms with E-state index < -0.39 is 0 Å². The molecule has 0 aliphatic rings. The van der Waals surface area contributed by atoms with Gasteiger partial charge in [0.15, 0.2) is 0 Å². The highest BCUT2D eigenvalue weighted by Gasteiger charge is 2.09. The van der Waals surface area contributed by atoms with Gasteiger partial charge in [-0.1, -0.05) is 44.0 Å². The van der Waals surface area contributed by atoms with Gasteiger partial charge in [0.2, 0.25) is 0 Å². The van der Waals surface area contributed by atoms with Crippen molar-refractivity contribution in [1.82, 2.24) is 0 Å². The fourth-order valence-electron chi connectivity index (χ4n) is 0.0833. The maximum Gasteiger partial charge on any atom is 0.116 e. The van der Waals surface area contributed by atoms with E-state index in [1.165, 1.54) is 0 Å². The van der Waals surface area contributed by atoms with Gasteiger partial charge < -0.3 is 0 Å². The lowest BCUT2D eigenvalue weighted by Crippen LogP contribution is -1.97. The Morgan fingerprint density at radius 1 is 1.14 bits per heavy atom. The lowest BCUT2D eigenvalue weighted by Gasteiger charge is -2.05. The molecule has 0 aliphatic heterocycles. The smallest absolute Gasteiger partial charge is 0.101 e. The van der Waals surface area contributed by atoms with Gasteiger partial charge in [-0.15, -0.1) is 13.2 Å². The minimum atomic E-state index is -0.264. The van der Waals surface area contributed by atoms with Crippen molar-refractivity contribution in [2.75, 3.05) is 0 Å². The van der Waals surface area contributed by atoms with Crippen LogP contribution in [0.4, 0.5) is 0 Å². The molecular formula is C5H6Br2. The van der Waals surface area contributed by atoms with Gasteiger partial charge >= 0.3 is 0 Å². The van der Waals surface area contributed by atoms with Crippen LogP contribution in [0.3, 0.4) is 0 Å². The molecule has 0 amide bonds. The lowest BCUT2D eigenvalue weighted by atomic mass is 10.4. The quantitative estimate of drug-likeness (QED) is 0.501. The Balaban J connectivity index is 3.82. The molecule has 0 radical (unpaired) electrons. The first-order chi connectivity index (χ1) is 3.12. The lowest BCUT2D eigenvalue weighted by molar-refractivity contribution is 1.40. The standard InChI is InChI=1S/C5H6Br2/c1-3-5(6,7)4-2/h3-4H,1-2H2. The molecule has 0 fully saturated rings. The van der Waals surface area contributed by atoms with E-state index in [1.54, 1.807) is 12.2 Å². The Labute approximate surface area is 60.6 Å². The van der Waals surface area contributed by atoms with E-state index >= 15 is 0 Å². The number of halogens is 2. The van der Waals surface area contributed by atoms with Crippen LogP contribution in [0.15, 0.2) is 25.3 Å². The van der Waals surface area contributed by atoms with E-state index in [-0.39, 0.29) is 3.23 Å². The third-order valence-corrected chi connectivity index (χ3v) is 1.84. The molecule has 0 saturated heterocycles. The molecular weight excluding hydrogens is 220 g/mol. The highest BCUT2D eigenvalue weighted by molar-refractivity contribution is 9.25. The van der Waals surface area contributed by atoms with Gasteiger partial charge in [0.25, 0.3) is 0 Å². The first-order valence-electron chi connectivity index (χ1n) is 1.77. The fraction of sp³-hybridized carbons (Fsp3) is 0.200. The first-order valence-corrected chi connectivity index (χ1v) is 3.36. The summed E-state index contributed by atoms with van der Waals surface area (Å²) in [6.07, 6.45) is 3.42. The number of alkyl halides is 2. The summed E-state index contributed by atoms with van der Waals surface area (Å²) >= 11 is 6.52. The number of hydrogen-bond acceptors (Lipinski definition) is 0. The molecule has 0 aromatic heterocycles. The topological polar surface area (TPSA) is 0 Å². The molecule has 0 nitrogen and oxygen atoms in total. The van der Waals surface area contributed by atoms with Crippen LogP contribution in [0.25, 0.3) is 0 Å². The molecule has 0 atom stereocenters. The zero-order valence-electron chi connectivity index (χ0n) is 3.82. The van der Waals surface area contributed by atoms with Crippen LogP contribution >= 0.6 is 31.9 Å². The molecule has 0 heterocycles. The largest absolute Gasteiger partial charge is 0.116 e. The number of hydrogen-bond donors (Lipinski definition) is 0. The van der Waals surface area contributed by atoms with Gasteiger partial charge in [-0.2, -0.15) is 0 Å². The predicted molar refractivity (Wildman–Crippen MR) is 41.0 cm³/mol. The van der Waals surface area contributed by atoms with Crippen LogP contribution in [-0.2, 0) is 0 Å². The predicted octanol–water partition coefficient (Wildman–Crippen LogP) is 2.84. The molecule has 40 valence electrons. The summed E-state index contributed by atoms with van der Waals surface area (Å²) in [5.74, 6) is 0. The van der Waals surface area contributed by atoms with Crippen LogP contribution in [0.5, 0.6) is 0 Å². The zero-order chi connectivity index (χ0) is 5.91. The molecule has 0 aromatic carbocycles. The van der Waals surface area contributed by atoms with Crippen molar-refractivity contribution in [2.24, 2.45) is 0 Å². The second-order valence-corrected chi connectivity index (χ2v) is 4.77. The summed E-state index contributed by atoms with van der Waals surface area (Å²) in [5, 5.41) is 0. The van der Waals surface area contributed by atoms with E-state index in [0.717, 1.165) is 0 Å². The van der Waals surface area contributed by atoms with Crippen molar-refractivity contribution < 1.29 is 0 Å². The molecule has 0 rings (SSSR count). The third kappa shape index (κ3) is 3.06. The molecule has 0 N–H and O–H groups in total. The van der Waals surface area contributed by atoms with Crippen LogP contribution in [0.1, 0.15) is 0 Å². The van der Waals surface area contributed by atoms with Crippen LogP contribution in [0.2, 0.25) is 0 Å². The van der Waals surface area contributed by atoms with Crippen molar-refractivity contribution in [2.45, 2.75) is 3.23 Å². The third-order valence-electron chi connectivity index (χ3n) is 0.544. The Hall–Kier alpha value is 0.440. The van der Waals surface area contributed by atoms with Crippen LogP contribution in [-0.4, -0.2) is 3.23 Å². The highest BCUT2D eigenvalue weighted by atomic mass is 79.9. The van der Waals surface area contributed by atoms with Crippen LogP contribution in [0, 0.1) is 0 Å². The molecule has 0 spiro atoms. The Morgan fingerprint density at radius 3 is 1.43 bits per heavy atom. The molecule has 0 unspecified atom stereocenters. The number of allylic oxidation sites excluding steroid dienone is 2. The van der Waals surface area contributed by atoms with Crippen molar-refractivity contribution in [1.29, 1.82) is 0 Å². The van der Waals surface area contributed by atoms with Gasteiger partial charge in [0, 0.05) is 0 Å². The fourth-order valence-corrected chi connectivity index (χ4v) is 0.0833. The van der Waals surface area contributed by atoms with E-state index in [1.807, 2.05) is 0 Å². The monoisotopic (exact) mass is 224 g/mol. The van der Waals surface area contributed by atoms with Crippen molar-refractivity contribution in [3.8, 4) is 0 Å².